The van der Waals surface area contributed by atoms with E-state index in [1.807, 2.05) is 24.3 Å². The number of nitriles is 3. The zero-order valence-electron chi connectivity index (χ0n) is 29.5. The molecule has 5 heteroatoms. The standard InChI is InChI=1S/C48H35N5/c1-3-4-12-39-32(2)52(46-27-18-33(29-49)17-26-42(39)46)38-24-21-35(22-25-38)34-10-9-11-36(20-19-34)48-43(31-51)37(30-50)23-28-47(48)53-44-15-7-5-13-40(44)41-14-6-8-16-45(41)53/h3-10,12-22,24-25,27H,1,11,23,26,28H2,2H3/b12-4-. The summed E-state index contributed by atoms with van der Waals surface area (Å²) in [6.45, 7) is 5.99. The summed E-state index contributed by atoms with van der Waals surface area (Å²) < 4.78 is 4.56. The zero-order valence-corrected chi connectivity index (χ0v) is 29.5. The van der Waals surface area contributed by atoms with E-state index in [-0.39, 0.29) is 0 Å². The molecule has 0 aliphatic heterocycles. The molecule has 0 fully saturated rings. The van der Waals surface area contributed by atoms with Crippen molar-refractivity contribution in [2.75, 3.05) is 0 Å². The van der Waals surface area contributed by atoms with Crippen LogP contribution in [0.3, 0.4) is 0 Å². The molecule has 53 heavy (non-hydrogen) atoms. The number of para-hydroxylation sites is 2. The maximum absolute atomic E-state index is 10.5. The predicted octanol–water partition coefficient (Wildman–Crippen LogP) is 11.4. The molecular formula is C48H35N5. The third-order valence-electron chi connectivity index (χ3n) is 10.5. The first kappa shape index (κ1) is 33.0. The van der Waals surface area contributed by atoms with E-state index in [4.69, 9.17) is 0 Å². The van der Waals surface area contributed by atoms with Gasteiger partial charge in [0, 0.05) is 44.6 Å². The minimum Gasteiger partial charge on any atom is -0.314 e. The van der Waals surface area contributed by atoms with Crippen molar-refractivity contribution in [3.05, 3.63) is 184 Å². The summed E-state index contributed by atoms with van der Waals surface area (Å²) in [6, 6.07) is 32.5. The summed E-state index contributed by atoms with van der Waals surface area (Å²) in [4.78, 5) is 0. The number of nitrogens with zero attached hydrogens (tertiary/aromatic N) is 5. The maximum atomic E-state index is 10.5. The van der Waals surface area contributed by atoms with Crippen molar-refractivity contribution in [3.8, 4) is 23.9 Å². The molecule has 0 saturated heterocycles. The molecule has 3 aromatic carbocycles. The summed E-state index contributed by atoms with van der Waals surface area (Å²) >= 11 is 0. The number of hydrogen-bond donors (Lipinski definition) is 0. The molecule has 252 valence electrons. The number of fused-ring (bicyclic) bond motifs is 4. The van der Waals surface area contributed by atoms with Gasteiger partial charge in [-0.3, -0.25) is 0 Å². The van der Waals surface area contributed by atoms with Crippen molar-refractivity contribution in [2.24, 2.45) is 0 Å². The molecule has 0 N–H and O–H groups in total. The molecule has 8 rings (SSSR count). The Bertz CT molecular complexity index is 2700. The van der Waals surface area contributed by atoms with Crippen LogP contribution in [0.2, 0.25) is 0 Å². The Morgan fingerprint density at radius 1 is 0.755 bits per heavy atom. The summed E-state index contributed by atoms with van der Waals surface area (Å²) in [5.41, 5.74) is 14.4. The minimum atomic E-state index is 0.464. The van der Waals surface area contributed by atoms with Gasteiger partial charge in [0.1, 0.15) is 6.07 Å². The van der Waals surface area contributed by atoms with Crippen molar-refractivity contribution in [2.45, 2.75) is 32.6 Å². The lowest BCUT2D eigenvalue weighted by Crippen LogP contribution is -2.11. The van der Waals surface area contributed by atoms with E-state index in [0.717, 1.165) is 61.7 Å². The molecule has 5 nitrogen and oxygen atoms in total. The molecule has 0 unspecified atom stereocenters. The zero-order chi connectivity index (χ0) is 36.5. The SMILES string of the molecule is C=C/C=C\c1c2c(n(-c3ccc(C4=CC=C(C5=C(n6c7ccccc7c7ccccc76)CCC(C#N)=C5C#N)CC=C4)cc3)c1C)C=CC(C#N)=CC2. The van der Waals surface area contributed by atoms with Crippen molar-refractivity contribution >= 4 is 45.2 Å². The smallest absolute Gasteiger partial charge is 0.101 e. The van der Waals surface area contributed by atoms with Gasteiger partial charge in [0.15, 0.2) is 0 Å². The third kappa shape index (κ3) is 5.64. The summed E-state index contributed by atoms with van der Waals surface area (Å²) in [5.74, 6) is 0. The minimum absolute atomic E-state index is 0.464. The number of rotatable bonds is 6. The highest BCUT2D eigenvalue weighted by Crippen LogP contribution is 2.43. The lowest BCUT2D eigenvalue weighted by atomic mass is 9.84. The molecule has 3 aliphatic carbocycles. The van der Waals surface area contributed by atoms with Gasteiger partial charge >= 0.3 is 0 Å². The summed E-state index contributed by atoms with van der Waals surface area (Å²) in [6.07, 6.45) is 22.8. The Labute approximate surface area is 309 Å². The Morgan fingerprint density at radius 3 is 2.17 bits per heavy atom. The molecule has 0 atom stereocenters. The predicted molar refractivity (Wildman–Crippen MR) is 216 cm³/mol. The van der Waals surface area contributed by atoms with E-state index in [1.165, 1.54) is 16.3 Å². The van der Waals surface area contributed by atoms with Crippen LogP contribution in [0.4, 0.5) is 0 Å². The van der Waals surface area contributed by atoms with Crippen molar-refractivity contribution in [1.29, 1.82) is 15.8 Å². The molecule has 0 radical (unpaired) electrons. The van der Waals surface area contributed by atoms with Gasteiger partial charge in [-0.25, -0.2) is 0 Å². The van der Waals surface area contributed by atoms with Crippen molar-refractivity contribution in [3.63, 3.8) is 0 Å². The van der Waals surface area contributed by atoms with Gasteiger partial charge in [0.2, 0.25) is 0 Å². The molecule has 3 aliphatic rings. The monoisotopic (exact) mass is 681 g/mol. The maximum Gasteiger partial charge on any atom is 0.101 e. The fourth-order valence-corrected chi connectivity index (χ4v) is 8.05. The van der Waals surface area contributed by atoms with Crippen molar-refractivity contribution < 1.29 is 0 Å². The first-order valence-corrected chi connectivity index (χ1v) is 17.8. The molecule has 2 aromatic heterocycles. The second-order valence-electron chi connectivity index (χ2n) is 13.3. The molecule has 0 amide bonds. The van der Waals surface area contributed by atoms with Crippen LogP contribution in [0.25, 0.3) is 50.9 Å². The van der Waals surface area contributed by atoms with Crippen LogP contribution in [0.5, 0.6) is 0 Å². The number of hydrogen-bond acceptors (Lipinski definition) is 3. The number of allylic oxidation sites excluding steroid dienone is 15. The van der Waals surface area contributed by atoms with Crippen LogP contribution in [-0.4, -0.2) is 9.13 Å². The highest BCUT2D eigenvalue weighted by atomic mass is 15.0. The van der Waals surface area contributed by atoms with Crippen LogP contribution >= 0.6 is 0 Å². The highest BCUT2D eigenvalue weighted by Gasteiger charge is 2.28. The van der Waals surface area contributed by atoms with Crippen LogP contribution in [0, 0.1) is 40.9 Å². The van der Waals surface area contributed by atoms with Gasteiger partial charge in [-0.2, -0.15) is 15.8 Å². The van der Waals surface area contributed by atoms with Crippen LogP contribution < -0.4 is 0 Å². The van der Waals surface area contributed by atoms with Gasteiger partial charge < -0.3 is 9.13 Å². The van der Waals surface area contributed by atoms with Gasteiger partial charge in [0.05, 0.1) is 34.4 Å². The Morgan fingerprint density at radius 2 is 1.49 bits per heavy atom. The number of benzene rings is 3. The van der Waals surface area contributed by atoms with E-state index in [2.05, 4.69) is 144 Å². The summed E-state index contributed by atoms with van der Waals surface area (Å²) in [7, 11) is 0. The van der Waals surface area contributed by atoms with E-state index in [1.54, 1.807) is 6.08 Å². The Balaban J connectivity index is 1.22. The van der Waals surface area contributed by atoms with Crippen molar-refractivity contribution in [1.82, 2.24) is 9.13 Å². The van der Waals surface area contributed by atoms with E-state index < -0.39 is 0 Å². The van der Waals surface area contributed by atoms with Gasteiger partial charge in [-0.05, 0) is 96.9 Å². The molecule has 0 saturated carbocycles. The van der Waals surface area contributed by atoms with Crippen LogP contribution in [0.1, 0.15) is 47.3 Å². The second-order valence-corrected chi connectivity index (χ2v) is 13.3. The van der Waals surface area contributed by atoms with Crippen LogP contribution in [0.15, 0.2) is 156 Å². The fourth-order valence-electron chi connectivity index (χ4n) is 8.05. The Hall–Kier alpha value is -7.13. The molecular weight excluding hydrogens is 647 g/mol. The summed E-state index contributed by atoms with van der Waals surface area (Å²) in [5, 5.41) is 32.6. The second kappa shape index (κ2) is 13.9. The first-order chi connectivity index (χ1) is 26.1. The third-order valence-corrected chi connectivity index (χ3v) is 10.5. The average Bonchev–Trinajstić information content (AvgIpc) is 3.40. The van der Waals surface area contributed by atoms with Gasteiger partial charge in [0.25, 0.3) is 0 Å². The molecule has 0 spiro atoms. The van der Waals surface area contributed by atoms with Crippen LogP contribution in [-0.2, 0) is 6.42 Å². The quantitative estimate of drug-likeness (QED) is 0.167. The number of aromatic nitrogens is 2. The topological polar surface area (TPSA) is 81.2 Å². The first-order valence-electron chi connectivity index (χ1n) is 17.8. The van der Waals surface area contributed by atoms with E-state index >= 15 is 0 Å². The largest absolute Gasteiger partial charge is 0.314 e. The molecule has 5 aromatic rings. The normalized spacial score (nSPS) is 15.7. The Kier molecular flexibility index (Phi) is 8.65. The van der Waals surface area contributed by atoms with E-state index in [0.29, 0.717) is 42.4 Å². The van der Waals surface area contributed by atoms with E-state index in [9.17, 15) is 15.8 Å². The van der Waals surface area contributed by atoms with Gasteiger partial charge in [-0.1, -0.05) is 104 Å². The fraction of sp³-hybridized carbons (Fsp3) is 0.104. The average molecular weight is 682 g/mol. The lowest BCUT2D eigenvalue weighted by Gasteiger charge is -2.24. The highest BCUT2D eigenvalue weighted by molar-refractivity contribution is 6.10. The van der Waals surface area contributed by atoms with Gasteiger partial charge in [-0.15, -0.1) is 0 Å². The molecule has 0 bridgehead atoms. The lowest BCUT2D eigenvalue weighted by molar-refractivity contribution is 0.921. The molecule has 2 heterocycles.